The molecule has 0 aliphatic rings. The first-order valence-electron chi connectivity index (χ1n) is 4.83. The summed E-state index contributed by atoms with van der Waals surface area (Å²) in [6.45, 7) is 2.00. The highest BCUT2D eigenvalue weighted by atomic mass is 19.4. The van der Waals surface area contributed by atoms with Gasteiger partial charge in [-0.15, -0.1) is 0 Å². The molecule has 0 saturated carbocycles. The lowest BCUT2D eigenvalue weighted by Crippen LogP contribution is -2.39. The zero-order valence-electron chi connectivity index (χ0n) is 8.51. The number of rotatable bonds is 3. The third-order valence-electron chi connectivity index (χ3n) is 2.31. The Hall–Kier alpha value is -1.03. The lowest BCUT2D eigenvalue weighted by Gasteiger charge is -2.15. The predicted molar refractivity (Wildman–Crippen MR) is 53.6 cm³/mol. The molecule has 4 heteroatoms. The van der Waals surface area contributed by atoms with Crippen LogP contribution < -0.4 is 5.73 Å². The van der Waals surface area contributed by atoms with Crippen molar-refractivity contribution in [1.29, 1.82) is 0 Å². The summed E-state index contributed by atoms with van der Waals surface area (Å²) in [6.07, 6.45) is -3.59. The van der Waals surface area contributed by atoms with Gasteiger partial charge in [-0.1, -0.05) is 31.2 Å². The summed E-state index contributed by atoms with van der Waals surface area (Å²) in [4.78, 5) is 0. The Labute approximate surface area is 87.1 Å². The third kappa shape index (κ3) is 3.55. The van der Waals surface area contributed by atoms with Crippen molar-refractivity contribution >= 4 is 0 Å². The van der Waals surface area contributed by atoms with Crippen LogP contribution in [0.5, 0.6) is 0 Å². The summed E-state index contributed by atoms with van der Waals surface area (Å²) in [5.41, 5.74) is 6.76. The SMILES string of the molecule is CCc1ccc(C[C@H](N)C(F)(F)F)cc1. The molecule has 0 fully saturated rings. The number of hydrogen-bond donors (Lipinski definition) is 1. The van der Waals surface area contributed by atoms with Gasteiger partial charge in [0.05, 0.1) is 0 Å². The molecular weight excluding hydrogens is 203 g/mol. The average molecular weight is 217 g/mol. The second kappa shape index (κ2) is 4.66. The van der Waals surface area contributed by atoms with E-state index in [1.165, 1.54) is 0 Å². The Morgan fingerprint density at radius 3 is 2.00 bits per heavy atom. The highest BCUT2D eigenvalue weighted by Crippen LogP contribution is 2.21. The van der Waals surface area contributed by atoms with E-state index in [-0.39, 0.29) is 6.42 Å². The highest BCUT2D eigenvalue weighted by molar-refractivity contribution is 5.23. The maximum atomic E-state index is 12.2. The van der Waals surface area contributed by atoms with Gasteiger partial charge in [0.15, 0.2) is 0 Å². The van der Waals surface area contributed by atoms with Crippen molar-refractivity contribution in [2.45, 2.75) is 32.0 Å². The first-order chi connectivity index (χ1) is 6.93. The standard InChI is InChI=1S/C11H14F3N/c1-2-8-3-5-9(6-4-8)7-10(15)11(12,13)14/h3-6,10H,2,7,15H2,1H3/t10-/m0/s1. The first-order valence-corrected chi connectivity index (χ1v) is 4.83. The second-order valence-corrected chi connectivity index (χ2v) is 3.52. The van der Waals surface area contributed by atoms with Gasteiger partial charge < -0.3 is 5.73 Å². The summed E-state index contributed by atoms with van der Waals surface area (Å²) in [6, 6.07) is 5.29. The largest absolute Gasteiger partial charge is 0.403 e. The number of halogens is 3. The van der Waals surface area contributed by atoms with Crippen LogP contribution in [0.2, 0.25) is 0 Å². The summed E-state index contributed by atoms with van der Waals surface area (Å²) in [5, 5.41) is 0. The van der Waals surface area contributed by atoms with Gasteiger partial charge in [-0.2, -0.15) is 13.2 Å². The van der Waals surface area contributed by atoms with E-state index < -0.39 is 12.2 Å². The molecule has 15 heavy (non-hydrogen) atoms. The zero-order valence-corrected chi connectivity index (χ0v) is 8.51. The minimum absolute atomic E-state index is 0.159. The molecule has 0 radical (unpaired) electrons. The molecule has 0 aliphatic carbocycles. The van der Waals surface area contributed by atoms with Crippen LogP contribution in [0.4, 0.5) is 13.2 Å². The average Bonchev–Trinajstić information content (AvgIpc) is 2.17. The smallest absolute Gasteiger partial charge is 0.320 e. The van der Waals surface area contributed by atoms with E-state index >= 15 is 0 Å². The number of alkyl halides is 3. The molecule has 1 aromatic rings. The molecule has 0 saturated heterocycles. The Morgan fingerprint density at radius 2 is 1.60 bits per heavy atom. The van der Waals surface area contributed by atoms with Crippen LogP contribution in [0.25, 0.3) is 0 Å². The van der Waals surface area contributed by atoms with Crippen molar-refractivity contribution in [3.05, 3.63) is 35.4 Å². The summed E-state index contributed by atoms with van der Waals surface area (Å²) in [7, 11) is 0. The topological polar surface area (TPSA) is 26.0 Å². The minimum atomic E-state index is -4.32. The Balaban J connectivity index is 2.65. The van der Waals surface area contributed by atoms with Gasteiger partial charge in [-0.05, 0) is 24.0 Å². The molecule has 0 unspecified atom stereocenters. The van der Waals surface area contributed by atoms with E-state index in [0.717, 1.165) is 12.0 Å². The number of benzene rings is 1. The lowest BCUT2D eigenvalue weighted by atomic mass is 10.0. The van der Waals surface area contributed by atoms with Crippen LogP contribution in [-0.2, 0) is 12.8 Å². The maximum Gasteiger partial charge on any atom is 0.403 e. The van der Waals surface area contributed by atoms with Crippen LogP contribution in [0, 0.1) is 0 Å². The quantitative estimate of drug-likeness (QED) is 0.827. The van der Waals surface area contributed by atoms with Crippen molar-refractivity contribution in [3.63, 3.8) is 0 Å². The van der Waals surface area contributed by atoms with Gasteiger partial charge in [0.2, 0.25) is 0 Å². The van der Waals surface area contributed by atoms with Gasteiger partial charge in [0, 0.05) is 0 Å². The van der Waals surface area contributed by atoms with Crippen LogP contribution in [0.15, 0.2) is 24.3 Å². The molecule has 1 atom stereocenters. The molecule has 2 N–H and O–H groups in total. The molecule has 1 rings (SSSR count). The minimum Gasteiger partial charge on any atom is -0.320 e. The lowest BCUT2D eigenvalue weighted by molar-refractivity contribution is -0.147. The van der Waals surface area contributed by atoms with Crippen LogP contribution in [0.3, 0.4) is 0 Å². The zero-order chi connectivity index (χ0) is 11.5. The van der Waals surface area contributed by atoms with Gasteiger partial charge in [-0.25, -0.2) is 0 Å². The highest BCUT2D eigenvalue weighted by Gasteiger charge is 2.36. The van der Waals surface area contributed by atoms with E-state index in [1.54, 1.807) is 12.1 Å². The molecular formula is C11H14F3N. The molecule has 0 heterocycles. The van der Waals surface area contributed by atoms with Crippen LogP contribution in [-0.4, -0.2) is 12.2 Å². The molecule has 0 amide bonds. The van der Waals surface area contributed by atoms with Gasteiger partial charge in [0.1, 0.15) is 6.04 Å². The third-order valence-corrected chi connectivity index (χ3v) is 2.31. The first kappa shape index (κ1) is 12.0. The molecule has 1 aromatic carbocycles. The van der Waals surface area contributed by atoms with E-state index in [2.05, 4.69) is 0 Å². The van der Waals surface area contributed by atoms with Crippen molar-refractivity contribution in [1.82, 2.24) is 0 Å². The number of hydrogen-bond acceptors (Lipinski definition) is 1. The van der Waals surface area contributed by atoms with Gasteiger partial charge in [0.25, 0.3) is 0 Å². The number of nitrogens with two attached hydrogens (primary N) is 1. The molecule has 0 bridgehead atoms. The van der Waals surface area contributed by atoms with Crippen molar-refractivity contribution < 1.29 is 13.2 Å². The Kier molecular flexibility index (Phi) is 3.74. The predicted octanol–water partition coefficient (Wildman–Crippen LogP) is 2.68. The van der Waals surface area contributed by atoms with Crippen molar-refractivity contribution in [2.24, 2.45) is 5.73 Å². The fourth-order valence-corrected chi connectivity index (χ4v) is 1.28. The van der Waals surface area contributed by atoms with Crippen LogP contribution in [0.1, 0.15) is 18.1 Å². The maximum absolute atomic E-state index is 12.2. The van der Waals surface area contributed by atoms with Gasteiger partial charge >= 0.3 is 6.18 Å². The fourth-order valence-electron chi connectivity index (χ4n) is 1.28. The molecule has 0 aliphatic heterocycles. The van der Waals surface area contributed by atoms with E-state index in [9.17, 15) is 13.2 Å². The van der Waals surface area contributed by atoms with E-state index in [4.69, 9.17) is 5.73 Å². The van der Waals surface area contributed by atoms with Crippen molar-refractivity contribution in [3.8, 4) is 0 Å². The molecule has 0 aromatic heterocycles. The summed E-state index contributed by atoms with van der Waals surface area (Å²) in [5.74, 6) is 0. The van der Waals surface area contributed by atoms with Crippen LogP contribution >= 0.6 is 0 Å². The number of aryl methyl sites for hydroxylation is 1. The summed E-state index contributed by atoms with van der Waals surface area (Å²) < 4.78 is 36.5. The van der Waals surface area contributed by atoms with Gasteiger partial charge in [-0.3, -0.25) is 0 Å². The monoisotopic (exact) mass is 217 g/mol. The Morgan fingerprint density at radius 1 is 1.13 bits per heavy atom. The Bertz CT molecular complexity index is 303. The van der Waals surface area contributed by atoms with E-state index in [1.807, 2.05) is 19.1 Å². The normalized spacial score (nSPS) is 13.9. The second-order valence-electron chi connectivity index (χ2n) is 3.52. The van der Waals surface area contributed by atoms with Crippen molar-refractivity contribution in [2.75, 3.05) is 0 Å². The van der Waals surface area contributed by atoms with E-state index in [0.29, 0.717) is 5.56 Å². The molecule has 84 valence electrons. The molecule has 1 nitrogen and oxygen atoms in total. The molecule has 0 spiro atoms. The summed E-state index contributed by atoms with van der Waals surface area (Å²) >= 11 is 0. The fraction of sp³-hybridized carbons (Fsp3) is 0.455.